The van der Waals surface area contributed by atoms with Gasteiger partial charge in [-0.2, -0.15) is 0 Å². The van der Waals surface area contributed by atoms with Crippen molar-refractivity contribution in [3.8, 4) is 11.3 Å². The summed E-state index contributed by atoms with van der Waals surface area (Å²) in [6.45, 7) is 0.303. The Labute approximate surface area is 139 Å². The van der Waals surface area contributed by atoms with Crippen LogP contribution in [0.2, 0.25) is 0 Å². The maximum atomic E-state index is 12.5. The summed E-state index contributed by atoms with van der Waals surface area (Å²) in [5.74, 6) is 0.418. The number of carbonyl (C=O) groups excluding carboxylic acids is 1. The highest BCUT2D eigenvalue weighted by atomic mass is 16.5. The summed E-state index contributed by atoms with van der Waals surface area (Å²) in [5.41, 5.74) is 8.45. The lowest BCUT2D eigenvalue weighted by atomic mass is 10.1. The van der Waals surface area contributed by atoms with Crippen LogP contribution >= 0.6 is 0 Å². The van der Waals surface area contributed by atoms with Crippen LogP contribution in [-0.4, -0.2) is 28.0 Å². The van der Waals surface area contributed by atoms with Crippen LogP contribution < -0.4 is 5.73 Å². The van der Waals surface area contributed by atoms with Gasteiger partial charge < -0.3 is 15.2 Å². The number of nitrogens with zero attached hydrogens (tertiary/aromatic N) is 3. The average Bonchev–Trinajstić information content (AvgIpc) is 3.10. The highest BCUT2D eigenvalue weighted by Gasteiger charge is 2.21. The number of hydrogen-bond acceptors (Lipinski definition) is 5. The van der Waals surface area contributed by atoms with Crippen molar-refractivity contribution in [2.45, 2.75) is 12.6 Å². The first-order valence-electron chi connectivity index (χ1n) is 7.56. The first-order chi connectivity index (χ1) is 11.6. The van der Waals surface area contributed by atoms with Crippen molar-refractivity contribution in [1.82, 2.24) is 15.0 Å². The zero-order valence-electron chi connectivity index (χ0n) is 13.3. The molecule has 0 saturated heterocycles. The Morgan fingerprint density at radius 2 is 1.92 bits per heavy atom. The molecular weight excluding hydrogens is 304 g/mol. The van der Waals surface area contributed by atoms with Gasteiger partial charge in [0.2, 0.25) is 5.91 Å². The molecule has 3 aromatic rings. The number of carbonyl (C=O) groups is 1. The Morgan fingerprint density at radius 1 is 1.21 bits per heavy atom. The average molecular weight is 322 g/mol. The van der Waals surface area contributed by atoms with Crippen LogP contribution in [0, 0.1) is 0 Å². The second-order valence-electron chi connectivity index (χ2n) is 5.50. The molecule has 122 valence electrons. The minimum atomic E-state index is -0.696. The highest BCUT2D eigenvalue weighted by molar-refractivity contribution is 5.82. The molecular formula is C18H18N4O2. The van der Waals surface area contributed by atoms with E-state index in [1.807, 2.05) is 48.5 Å². The maximum absolute atomic E-state index is 12.5. The predicted molar refractivity (Wildman–Crippen MR) is 89.6 cm³/mol. The maximum Gasteiger partial charge on any atom is 0.244 e. The number of hydrogen-bond donors (Lipinski definition) is 1. The molecule has 6 heteroatoms. The molecule has 2 heterocycles. The van der Waals surface area contributed by atoms with Crippen LogP contribution in [0.5, 0.6) is 0 Å². The molecule has 0 aliphatic carbocycles. The molecule has 0 spiro atoms. The lowest BCUT2D eigenvalue weighted by Crippen LogP contribution is -2.35. The molecule has 0 radical (unpaired) electrons. The van der Waals surface area contributed by atoms with Crippen molar-refractivity contribution in [1.29, 1.82) is 0 Å². The fourth-order valence-corrected chi connectivity index (χ4v) is 2.40. The van der Waals surface area contributed by atoms with Gasteiger partial charge in [0.05, 0.1) is 6.54 Å². The van der Waals surface area contributed by atoms with E-state index in [9.17, 15) is 4.79 Å². The fraction of sp³-hybridized carbons (Fsp3) is 0.167. The fourth-order valence-electron chi connectivity index (χ4n) is 2.40. The largest absolute Gasteiger partial charge is 0.359 e. The van der Waals surface area contributed by atoms with Crippen LogP contribution in [0.1, 0.15) is 17.4 Å². The molecule has 0 unspecified atom stereocenters. The number of pyridine rings is 1. The van der Waals surface area contributed by atoms with E-state index in [0.717, 1.165) is 11.1 Å². The molecule has 0 saturated carbocycles. The molecule has 3 rings (SSSR count). The molecule has 2 aromatic heterocycles. The number of benzene rings is 1. The van der Waals surface area contributed by atoms with Crippen molar-refractivity contribution >= 4 is 5.91 Å². The first-order valence-corrected chi connectivity index (χ1v) is 7.56. The molecule has 2 N–H and O–H groups in total. The van der Waals surface area contributed by atoms with Crippen molar-refractivity contribution in [2.75, 3.05) is 7.05 Å². The zero-order chi connectivity index (χ0) is 16.9. The Balaban J connectivity index is 1.68. The van der Waals surface area contributed by atoms with E-state index < -0.39 is 6.04 Å². The Bertz CT molecular complexity index is 802. The smallest absolute Gasteiger partial charge is 0.244 e. The van der Waals surface area contributed by atoms with Crippen LogP contribution in [0.15, 0.2) is 65.4 Å². The number of likely N-dealkylation sites (N-methyl/N-ethyl adjacent to an activating group) is 1. The van der Waals surface area contributed by atoms with Crippen LogP contribution in [0.4, 0.5) is 0 Å². The molecule has 1 atom stereocenters. The second kappa shape index (κ2) is 7.06. The van der Waals surface area contributed by atoms with E-state index in [2.05, 4.69) is 10.1 Å². The van der Waals surface area contributed by atoms with E-state index in [1.165, 1.54) is 4.90 Å². The third-order valence-electron chi connectivity index (χ3n) is 3.73. The van der Waals surface area contributed by atoms with Gasteiger partial charge in [0.15, 0.2) is 5.76 Å². The highest BCUT2D eigenvalue weighted by Crippen LogP contribution is 2.19. The van der Waals surface area contributed by atoms with Gasteiger partial charge >= 0.3 is 0 Å². The third kappa shape index (κ3) is 3.49. The van der Waals surface area contributed by atoms with Gasteiger partial charge in [-0.05, 0) is 17.7 Å². The predicted octanol–water partition coefficient (Wildman–Crippen LogP) is 2.40. The second-order valence-corrected chi connectivity index (χ2v) is 5.50. The van der Waals surface area contributed by atoms with Gasteiger partial charge in [-0.1, -0.05) is 35.5 Å². The van der Waals surface area contributed by atoms with E-state index in [1.54, 1.807) is 19.4 Å². The van der Waals surface area contributed by atoms with Crippen molar-refractivity contribution in [3.05, 3.63) is 72.2 Å². The molecule has 0 aliphatic heterocycles. The third-order valence-corrected chi connectivity index (χ3v) is 3.73. The van der Waals surface area contributed by atoms with Crippen LogP contribution in [0.25, 0.3) is 11.3 Å². The Kier molecular flexibility index (Phi) is 4.67. The number of amides is 1. The van der Waals surface area contributed by atoms with Gasteiger partial charge in [-0.3, -0.25) is 9.78 Å². The molecule has 24 heavy (non-hydrogen) atoms. The summed E-state index contributed by atoms with van der Waals surface area (Å²) < 4.78 is 5.32. The first kappa shape index (κ1) is 15.9. The quantitative estimate of drug-likeness (QED) is 0.779. The number of nitrogens with two attached hydrogens (primary N) is 1. The van der Waals surface area contributed by atoms with Crippen LogP contribution in [0.3, 0.4) is 0 Å². The van der Waals surface area contributed by atoms with Crippen LogP contribution in [-0.2, 0) is 11.3 Å². The zero-order valence-corrected chi connectivity index (χ0v) is 13.3. The normalized spacial score (nSPS) is 11.9. The van der Waals surface area contributed by atoms with Crippen molar-refractivity contribution in [2.24, 2.45) is 5.73 Å². The summed E-state index contributed by atoms with van der Waals surface area (Å²) in [6.07, 6.45) is 3.39. The molecule has 1 amide bonds. The van der Waals surface area contributed by atoms with E-state index >= 15 is 0 Å². The summed E-state index contributed by atoms with van der Waals surface area (Å²) in [4.78, 5) is 18.0. The minimum Gasteiger partial charge on any atom is -0.359 e. The Morgan fingerprint density at radius 3 is 2.62 bits per heavy atom. The van der Waals surface area contributed by atoms with E-state index in [-0.39, 0.29) is 5.91 Å². The van der Waals surface area contributed by atoms with Gasteiger partial charge in [0.1, 0.15) is 11.7 Å². The van der Waals surface area contributed by atoms with Gasteiger partial charge in [-0.25, -0.2) is 0 Å². The lowest BCUT2D eigenvalue weighted by Gasteiger charge is -2.20. The van der Waals surface area contributed by atoms with Gasteiger partial charge in [0, 0.05) is 31.1 Å². The van der Waals surface area contributed by atoms with E-state index in [4.69, 9.17) is 10.3 Å². The number of rotatable bonds is 5. The topological polar surface area (TPSA) is 85.2 Å². The van der Waals surface area contributed by atoms with Gasteiger partial charge in [-0.15, -0.1) is 0 Å². The Hall–Kier alpha value is -2.99. The molecule has 6 nitrogen and oxygen atoms in total. The standard InChI is InChI=1S/C18H18N4O2/c1-22(18(23)17(19)14-5-3-2-4-6-14)12-15-11-16(21-24-15)13-7-9-20-10-8-13/h2-11,17H,12,19H2,1H3/t17-/m1/s1. The summed E-state index contributed by atoms with van der Waals surface area (Å²) in [5, 5.41) is 4.03. The molecule has 0 fully saturated rings. The summed E-state index contributed by atoms with van der Waals surface area (Å²) in [6, 6.07) is 14.1. The molecule has 1 aromatic carbocycles. The molecule has 0 bridgehead atoms. The number of aromatic nitrogens is 2. The van der Waals surface area contributed by atoms with Crippen molar-refractivity contribution in [3.63, 3.8) is 0 Å². The van der Waals surface area contributed by atoms with E-state index in [0.29, 0.717) is 18.0 Å². The van der Waals surface area contributed by atoms with Gasteiger partial charge in [0.25, 0.3) is 0 Å². The monoisotopic (exact) mass is 322 g/mol. The summed E-state index contributed by atoms with van der Waals surface area (Å²) >= 11 is 0. The minimum absolute atomic E-state index is 0.178. The lowest BCUT2D eigenvalue weighted by molar-refractivity contribution is -0.132. The van der Waals surface area contributed by atoms with Crippen molar-refractivity contribution < 1.29 is 9.32 Å². The SMILES string of the molecule is CN(Cc1cc(-c2ccncc2)no1)C(=O)[C@H](N)c1ccccc1. The summed E-state index contributed by atoms with van der Waals surface area (Å²) in [7, 11) is 1.69. The molecule has 0 aliphatic rings.